The zero-order chi connectivity index (χ0) is 58.0. The van der Waals surface area contributed by atoms with Crippen LogP contribution in [0, 0.1) is 0 Å². The van der Waals surface area contributed by atoms with E-state index in [-0.39, 0.29) is 60.4 Å². The molecule has 0 unspecified atom stereocenters. The number of nitrogens with two attached hydrogens (primary N) is 1. The van der Waals surface area contributed by atoms with Gasteiger partial charge in [-0.2, -0.15) is 52.7 Å². The second-order valence-corrected chi connectivity index (χ2v) is 20.8. The molecule has 4 aromatic carbocycles. The average molecular weight is 1130 g/mol. The minimum Gasteiger partial charge on any atom is -0.481 e. The van der Waals surface area contributed by atoms with Crippen molar-refractivity contribution in [1.82, 2.24) is 20.9 Å². The molecule has 79 heavy (non-hydrogen) atoms. The van der Waals surface area contributed by atoms with Gasteiger partial charge in [0.25, 0.3) is 11.9 Å². The van der Waals surface area contributed by atoms with Crippen molar-refractivity contribution in [2.75, 3.05) is 26.3 Å². The number of nitrogens with zero attached hydrogens (tertiary/aromatic N) is 2. The summed E-state index contributed by atoms with van der Waals surface area (Å²) in [6, 6.07) is 21.3. The Balaban J connectivity index is 0.000000214. The van der Waals surface area contributed by atoms with E-state index in [9.17, 15) is 62.3 Å². The fourth-order valence-corrected chi connectivity index (χ4v) is 9.71. The molecule has 3 aliphatic heterocycles. The number of piperidine rings is 2. The highest BCUT2D eigenvalue weighted by Crippen LogP contribution is 2.46. The van der Waals surface area contributed by atoms with Gasteiger partial charge in [0, 0.05) is 26.1 Å². The third-order valence-electron chi connectivity index (χ3n) is 14.9. The molecule has 2 saturated carbocycles. The van der Waals surface area contributed by atoms with Crippen molar-refractivity contribution in [3.05, 3.63) is 142 Å². The van der Waals surface area contributed by atoms with Crippen molar-refractivity contribution in [1.29, 1.82) is 0 Å². The topological polar surface area (TPSA) is 168 Å². The molecule has 6 N–H and O–H groups in total. The summed E-state index contributed by atoms with van der Waals surface area (Å²) < 4.78 is 172. The predicted octanol–water partition coefficient (Wildman–Crippen LogP) is 11.0. The van der Waals surface area contributed by atoms with Crippen LogP contribution in [0.4, 0.5) is 52.7 Å². The van der Waals surface area contributed by atoms with E-state index in [2.05, 4.69) is 20.9 Å². The van der Waals surface area contributed by atoms with E-state index in [4.69, 9.17) is 25.1 Å². The van der Waals surface area contributed by atoms with Gasteiger partial charge in [0.05, 0.1) is 76.7 Å². The molecular weight excluding hydrogens is 1070 g/mol. The monoisotopic (exact) mass is 1130 g/mol. The van der Waals surface area contributed by atoms with Gasteiger partial charge in [0.1, 0.15) is 5.54 Å². The van der Waals surface area contributed by atoms with Crippen molar-refractivity contribution in [2.24, 2.45) is 10.7 Å². The van der Waals surface area contributed by atoms with Gasteiger partial charge in [-0.05, 0) is 124 Å². The summed E-state index contributed by atoms with van der Waals surface area (Å²) in [5, 5.41) is 17.3. The lowest BCUT2D eigenvalue weighted by atomic mass is 9.81. The maximum Gasteiger partial charge on any atom is 0.416 e. The predicted molar refractivity (Wildman–Crippen MR) is 265 cm³/mol. The molecule has 0 aromatic heterocycles. The fourth-order valence-electron chi connectivity index (χ4n) is 9.71. The maximum atomic E-state index is 13.3. The average Bonchev–Trinajstić information content (AvgIpc) is 4.49. The Hall–Kier alpha value is -6.08. The van der Waals surface area contributed by atoms with Crippen LogP contribution in [-0.2, 0) is 59.6 Å². The number of aliphatic imine (C=N–C) groups is 1. The molecule has 2 aliphatic carbocycles. The number of rotatable bonds is 13. The largest absolute Gasteiger partial charge is 0.481 e. The van der Waals surface area contributed by atoms with Crippen LogP contribution in [0.1, 0.15) is 129 Å². The molecule has 430 valence electrons. The highest BCUT2D eigenvalue weighted by Gasteiger charge is 2.56. The molecule has 3 heterocycles. The van der Waals surface area contributed by atoms with E-state index in [0.717, 1.165) is 30.9 Å². The number of carbonyl (C=O) groups is 3. The van der Waals surface area contributed by atoms with Crippen LogP contribution in [0.5, 0.6) is 0 Å². The molecule has 2 saturated heterocycles. The summed E-state index contributed by atoms with van der Waals surface area (Å²) in [5.74, 6) is -1.02. The molecule has 4 fully saturated rings. The first-order chi connectivity index (χ1) is 36.8. The Morgan fingerprint density at radius 3 is 1.37 bits per heavy atom. The SMILES string of the molecule is CC(=O)O.C[C@@H](OC[C@@]1(c2ccccc2)CC[C@H](N2C=NC3(CC3)C2=O)CN1)c1cc(C(F)(F)F)cc(C(F)(F)F)c1.C[C@@H](OC[C@@]1(c2ccccc2)CC[C@H](NC(=O)C2(N)CC2)CN1)c1cc(C(F)(F)F)cc(C(F)(F)F)c1. The lowest BCUT2D eigenvalue weighted by Crippen LogP contribution is -2.59. The minimum atomic E-state index is -4.94. The number of hydrogen-bond acceptors (Lipinski definition) is 9. The zero-order valence-electron chi connectivity index (χ0n) is 43.1. The highest BCUT2D eigenvalue weighted by atomic mass is 19.4. The third-order valence-corrected chi connectivity index (χ3v) is 14.9. The van der Waals surface area contributed by atoms with Gasteiger partial charge in [0.2, 0.25) is 5.91 Å². The minimum absolute atomic E-state index is 0.00271. The number of alkyl halides is 12. The lowest BCUT2D eigenvalue weighted by molar-refractivity contribution is -0.145. The van der Waals surface area contributed by atoms with Crippen molar-refractivity contribution >= 4 is 24.1 Å². The van der Waals surface area contributed by atoms with Crippen molar-refractivity contribution in [3.8, 4) is 0 Å². The molecule has 0 bridgehead atoms. The standard InChI is InChI=1S/C27H27F6N3O2.C26H29F6N3O2.C2H4O2/c1-17(18-11-20(26(28,29)30)13-21(12-18)27(31,32)33)38-15-25(19-5-3-2-4-6-19)8-7-22(14-34-25)36-16-35-24(9-10-24)23(36)37;1-16(17-11-19(25(27,28)29)13-20(12-17)26(30,31)32)37-15-24(18-5-3-2-4-6-18)8-7-21(14-34-24)35-22(36)23(33)9-10-23;1-2(3)4/h2-6,11-13,16-17,22,34H,7-10,14-15H2,1H3;2-6,11-13,16,21,34H,7-10,14-15,33H2,1H3,(H,35,36);1H3,(H,3,4)/t17-,22+,25-;16-,21+,24-;/m11./s1. The molecule has 1 spiro atoms. The fraction of sp³-hybridized carbons (Fsp3) is 0.491. The smallest absolute Gasteiger partial charge is 0.416 e. The van der Waals surface area contributed by atoms with E-state index >= 15 is 0 Å². The second kappa shape index (κ2) is 23.2. The van der Waals surface area contributed by atoms with Gasteiger partial charge in [-0.25, -0.2) is 0 Å². The number of amides is 2. The van der Waals surface area contributed by atoms with Gasteiger partial charge in [0.15, 0.2) is 0 Å². The van der Waals surface area contributed by atoms with Gasteiger partial charge in [-0.15, -0.1) is 0 Å². The lowest BCUT2D eigenvalue weighted by Gasteiger charge is -2.44. The van der Waals surface area contributed by atoms with E-state index in [1.807, 2.05) is 60.7 Å². The van der Waals surface area contributed by atoms with Crippen LogP contribution in [0.15, 0.2) is 102 Å². The number of carbonyl (C=O) groups excluding carboxylic acids is 2. The number of benzene rings is 4. The molecule has 6 atom stereocenters. The Kier molecular flexibility index (Phi) is 17.8. The number of carboxylic acids is 1. The summed E-state index contributed by atoms with van der Waals surface area (Å²) in [6.45, 7) is 4.79. The number of nitrogens with one attached hydrogen (secondary N) is 3. The summed E-state index contributed by atoms with van der Waals surface area (Å²) in [5.41, 5.74) is -1.09. The third kappa shape index (κ3) is 14.8. The van der Waals surface area contributed by atoms with Crippen LogP contribution in [0.25, 0.3) is 0 Å². The van der Waals surface area contributed by atoms with Crippen LogP contribution >= 0.6 is 0 Å². The normalized spacial score (nSPS) is 24.1. The molecule has 0 radical (unpaired) electrons. The van der Waals surface area contributed by atoms with Crippen LogP contribution in [0.3, 0.4) is 0 Å². The van der Waals surface area contributed by atoms with E-state index < -0.39 is 87.3 Å². The molecule has 24 heteroatoms. The van der Waals surface area contributed by atoms with Gasteiger partial charge >= 0.3 is 24.7 Å². The van der Waals surface area contributed by atoms with Crippen molar-refractivity contribution in [3.63, 3.8) is 0 Å². The first kappa shape index (κ1) is 60.6. The van der Waals surface area contributed by atoms with Gasteiger partial charge < -0.3 is 36.3 Å². The number of ether oxygens (including phenoxy) is 2. The summed E-state index contributed by atoms with van der Waals surface area (Å²) in [7, 11) is 0. The van der Waals surface area contributed by atoms with E-state index in [1.165, 1.54) is 13.8 Å². The maximum absolute atomic E-state index is 13.3. The van der Waals surface area contributed by atoms with Crippen LogP contribution in [-0.4, -0.2) is 83.6 Å². The molecule has 5 aliphatic rings. The van der Waals surface area contributed by atoms with E-state index in [1.54, 1.807) is 11.2 Å². The Morgan fingerprint density at radius 2 is 1.05 bits per heavy atom. The summed E-state index contributed by atoms with van der Waals surface area (Å²) >= 11 is 0. The number of carboxylic acid groups (broad SMARTS) is 1. The Labute approximate surface area is 447 Å². The van der Waals surface area contributed by atoms with Crippen molar-refractivity contribution in [2.45, 2.75) is 143 Å². The number of halogens is 12. The molecule has 9 rings (SSSR count). The molecule has 2 amide bonds. The van der Waals surface area contributed by atoms with Crippen LogP contribution in [0.2, 0.25) is 0 Å². The van der Waals surface area contributed by atoms with Gasteiger partial charge in [-0.1, -0.05) is 60.7 Å². The highest BCUT2D eigenvalue weighted by molar-refractivity contribution is 6.02. The van der Waals surface area contributed by atoms with Crippen molar-refractivity contribution < 1.29 is 81.6 Å². The Morgan fingerprint density at radius 1 is 0.658 bits per heavy atom. The van der Waals surface area contributed by atoms with E-state index in [0.29, 0.717) is 75.9 Å². The number of hydrogen-bond donors (Lipinski definition) is 5. The molecular formula is C55H60F12N6O6. The Bertz CT molecular complexity index is 2740. The second-order valence-electron chi connectivity index (χ2n) is 20.8. The number of aliphatic carboxylic acids is 1. The summed E-state index contributed by atoms with van der Waals surface area (Å²) in [4.78, 5) is 40.2. The first-order valence-electron chi connectivity index (χ1n) is 25.4. The summed E-state index contributed by atoms with van der Waals surface area (Å²) in [6.07, 6.45) is -15.2. The quantitative estimate of drug-likeness (QED) is 0.0819. The zero-order valence-corrected chi connectivity index (χ0v) is 43.1. The van der Waals surface area contributed by atoms with Crippen LogP contribution < -0.4 is 21.7 Å². The molecule has 4 aromatic rings. The molecule has 12 nitrogen and oxygen atoms in total. The van der Waals surface area contributed by atoms with Gasteiger partial charge in [-0.3, -0.25) is 24.3 Å². The first-order valence-corrected chi connectivity index (χ1v) is 25.4.